The number of aryl methyl sites for hydroxylation is 1. The van der Waals surface area contributed by atoms with E-state index < -0.39 is 0 Å². The van der Waals surface area contributed by atoms with E-state index in [9.17, 15) is 4.79 Å². The minimum absolute atomic E-state index is 0.216. The molecule has 1 aromatic heterocycles. The van der Waals surface area contributed by atoms with Crippen molar-refractivity contribution in [2.75, 3.05) is 0 Å². The first-order valence-corrected chi connectivity index (χ1v) is 10.1. The normalized spacial score (nSPS) is 29.1. The summed E-state index contributed by atoms with van der Waals surface area (Å²) in [4.78, 5) is 13.6. The maximum Gasteiger partial charge on any atom is 0.167 e. The van der Waals surface area contributed by atoms with Crippen LogP contribution < -0.4 is 0 Å². The van der Waals surface area contributed by atoms with E-state index in [1.807, 2.05) is 6.07 Å². The van der Waals surface area contributed by atoms with Crippen LogP contribution >= 0.6 is 0 Å². The molecule has 0 spiro atoms. The Hall–Kier alpha value is -2.61. The van der Waals surface area contributed by atoms with Crippen LogP contribution in [0.15, 0.2) is 60.8 Å². The van der Waals surface area contributed by atoms with E-state index in [2.05, 4.69) is 66.3 Å². The average Bonchev–Trinajstić information content (AvgIpc) is 3.45. The SMILES string of the molecule is Cn1cc(C2=C(c3ccccc3)C(=O)[C@H]3[C@@H]4CC[C@@H](C4)[C@@H]23)c2ccccc21. The Morgan fingerprint density at radius 3 is 2.41 bits per heavy atom. The molecule has 3 aliphatic rings. The van der Waals surface area contributed by atoms with Crippen molar-refractivity contribution in [1.29, 1.82) is 0 Å². The molecule has 3 aliphatic carbocycles. The number of Topliss-reactive ketones (excluding diaryl/α,β-unsaturated/α-hetero) is 1. The van der Waals surface area contributed by atoms with Gasteiger partial charge in [0, 0.05) is 41.2 Å². The molecule has 2 aromatic carbocycles. The number of aromatic nitrogens is 1. The van der Waals surface area contributed by atoms with Crippen molar-refractivity contribution in [3.8, 4) is 0 Å². The smallest absolute Gasteiger partial charge is 0.167 e. The molecule has 2 heteroatoms. The molecule has 0 N–H and O–H groups in total. The number of benzene rings is 2. The number of hydrogen-bond acceptors (Lipinski definition) is 1. The molecule has 2 fully saturated rings. The van der Waals surface area contributed by atoms with Crippen LogP contribution in [0.4, 0.5) is 0 Å². The Morgan fingerprint density at radius 2 is 1.59 bits per heavy atom. The minimum Gasteiger partial charge on any atom is -0.350 e. The Labute approximate surface area is 159 Å². The van der Waals surface area contributed by atoms with Gasteiger partial charge in [-0.05, 0) is 54.2 Å². The number of hydrogen-bond donors (Lipinski definition) is 0. The highest BCUT2D eigenvalue weighted by Gasteiger charge is 2.57. The lowest BCUT2D eigenvalue weighted by Crippen LogP contribution is -2.24. The van der Waals surface area contributed by atoms with Crippen molar-refractivity contribution >= 4 is 27.8 Å². The zero-order chi connectivity index (χ0) is 18.1. The summed E-state index contributed by atoms with van der Waals surface area (Å²) in [5.41, 5.74) is 5.95. The van der Waals surface area contributed by atoms with Crippen LogP contribution in [0, 0.1) is 23.7 Å². The predicted octanol–water partition coefficient (Wildman–Crippen LogP) is 5.33. The van der Waals surface area contributed by atoms with Crippen molar-refractivity contribution in [3.63, 3.8) is 0 Å². The van der Waals surface area contributed by atoms with Crippen molar-refractivity contribution in [1.82, 2.24) is 4.57 Å². The monoisotopic (exact) mass is 353 g/mol. The second kappa shape index (κ2) is 5.45. The van der Waals surface area contributed by atoms with Crippen molar-refractivity contribution in [2.24, 2.45) is 30.7 Å². The van der Waals surface area contributed by atoms with Crippen LogP contribution in [0.5, 0.6) is 0 Å². The molecular formula is C25H23NO. The summed E-state index contributed by atoms with van der Waals surface area (Å²) in [6.07, 6.45) is 6.03. The standard InChI is InChI=1S/C25H23NO/c1-26-14-19(18-9-5-6-10-20(18)26)24-21-16-11-12-17(13-16)23(21)25(27)22(24)15-7-3-2-4-8-15/h2-10,14,16-17,21,23H,11-13H2,1H3/t16-,17+,21+,23-/m0/s1. The maximum atomic E-state index is 13.6. The van der Waals surface area contributed by atoms with Gasteiger partial charge in [-0.1, -0.05) is 48.5 Å². The van der Waals surface area contributed by atoms with Gasteiger partial charge in [-0.3, -0.25) is 4.79 Å². The molecule has 3 aromatic rings. The molecule has 2 nitrogen and oxygen atoms in total. The van der Waals surface area contributed by atoms with Crippen LogP contribution in [-0.4, -0.2) is 10.4 Å². The van der Waals surface area contributed by atoms with E-state index in [0.29, 0.717) is 23.5 Å². The first-order valence-electron chi connectivity index (χ1n) is 10.1. The van der Waals surface area contributed by atoms with E-state index in [-0.39, 0.29) is 5.92 Å². The molecule has 1 heterocycles. The summed E-state index contributed by atoms with van der Waals surface area (Å²) in [5, 5.41) is 1.28. The third-order valence-electron chi connectivity index (χ3n) is 7.32. The zero-order valence-electron chi connectivity index (χ0n) is 15.6. The summed E-state index contributed by atoms with van der Waals surface area (Å²) in [5.74, 6) is 2.31. The van der Waals surface area contributed by atoms with E-state index in [1.54, 1.807) is 0 Å². The van der Waals surface area contributed by atoms with Crippen molar-refractivity contribution in [3.05, 3.63) is 71.9 Å². The van der Waals surface area contributed by atoms with Gasteiger partial charge in [0.05, 0.1) is 0 Å². The Bertz CT molecular complexity index is 1100. The lowest BCUT2D eigenvalue weighted by molar-refractivity contribution is -0.118. The molecule has 0 aliphatic heterocycles. The van der Waals surface area contributed by atoms with E-state index in [4.69, 9.17) is 0 Å². The molecule has 0 saturated heterocycles. The van der Waals surface area contributed by atoms with Gasteiger partial charge in [-0.2, -0.15) is 0 Å². The first-order chi connectivity index (χ1) is 13.2. The van der Waals surface area contributed by atoms with Crippen LogP contribution in [-0.2, 0) is 11.8 Å². The van der Waals surface area contributed by atoms with E-state index in [1.165, 1.54) is 41.3 Å². The molecule has 0 amide bonds. The number of carbonyl (C=O) groups excluding carboxylic acids is 1. The van der Waals surface area contributed by atoms with Crippen LogP contribution in [0.3, 0.4) is 0 Å². The first kappa shape index (κ1) is 15.4. The second-order valence-electron chi connectivity index (χ2n) is 8.57. The molecular weight excluding hydrogens is 330 g/mol. The van der Waals surface area contributed by atoms with Gasteiger partial charge in [-0.25, -0.2) is 0 Å². The highest BCUT2D eigenvalue weighted by molar-refractivity contribution is 6.33. The van der Waals surface area contributed by atoms with Crippen LogP contribution in [0.25, 0.3) is 22.0 Å². The second-order valence-corrected chi connectivity index (χ2v) is 8.57. The molecule has 134 valence electrons. The number of fused-ring (bicyclic) bond motifs is 6. The van der Waals surface area contributed by atoms with E-state index >= 15 is 0 Å². The molecule has 27 heavy (non-hydrogen) atoms. The molecule has 0 unspecified atom stereocenters. The van der Waals surface area contributed by atoms with Gasteiger partial charge >= 0.3 is 0 Å². The largest absolute Gasteiger partial charge is 0.350 e. The molecule has 6 rings (SSSR count). The van der Waals surface area contributed by atoms with Crippen molar-refractivity contribution in [2.45, 2.75) is 19.3 Å². The topological polar surface area (TPSA) is 22.0 Å². The predicted molar refractivity (Wildman–Crippen MR) is 109 cm³/mol. The van der Waals surface area contributed by atoms with Gasteiger partial charge in [-0.15, -0.1) is 0 Å². The summed E-state index contributed by atoms with van der Waals surface area (Å²) in [7, 11) is 2.11. The molecule has 2 bridgehead atoms. The number of ketones is 1. The fourth-order valence-corrected chi connectivity index (χ4v) is 6.32. The van der Waals surface area contributed by atoms with E-state index in [0.717, 1.165) is 11.1 Å². The number of carbonyl (C=O) groups is 1. The summed E-state index contributed by atoms with van der Waals surface area (Å²) in [6.45, 7) is 0. The summed E-state index contributed by atoms with van der Waals surface area (Å²) >= 11 is 0. The lowest BCUT2D eigenvalue weighted by Gasteiger charge is -2.26. The van der Waals surface area contributed by atoms with Gasteiger partial charge in [0.1, 0.15) is 0 Å². The Kier molecular flexibility index (Phi) is 3.12. The number of rotatable bonds is 2. The van der Waals surface area contributed by atoms with Crippen LogP contribution in [0.2, 0.25) is 0 Å². The van der Waals surface area contributed by atoms with Gasteiger partial charge < -0.3 is 4.57 Å². The lowest BCUT2D eigenvalue weighted by atomic mass is 9.77. The molecule has 4 atom stereocenters. The highest BCUT2D eigenvalue weighted by Crippen LogP contribution is 2.63. The Morgan fingerprint density at radius 1 is 0.889 bits per heavy atom. The van der Waals surface area contributed by atoms with Gasteiger partial charge in [0.15, 0.2) is 5.78 Å². The molecule has 2 saturated carbocycles. The van der Waals surface area contributed by atoms with Crippen molar-refractivity contribution < 1.29 is 4.79 Å². The quantitative estimate of drug-likeness (QED) is 0.610. The fourth-order valence-electron chi connectivity index (χ4n) is 6.32. The number of allylic oxidation sites excluding steroid dienone is 2. The summed E-state index contributed by atoms with van der Waals surface area (Å²) < 4.78 is 2.21. The molecule has 0 radical (unpaired) electrons. The van der Waals surface area contributed by atoms with Gasteiger partial charge in [0.25, 0.3) is 0 Å². The number of nitrogens with zero attached hydrogens (tertiary/aromatic N) is 1. The third kappa shape index (κ3) is 1.99. The zero-order valence-corrected chi connectivity index (χ0v) is 15.6. The van der Waals surface area contributed by atoms with Gasteiger partial charge in [0.2, 0.25) is 0 Å². The summed E-state index contributed by atoms with van der Waals surface area (Å²) in [6, 6.07) is 19.0. The highest BCUT2D eigenvalue weighted by atomic mass is 16.1. The fraction of sp³-hybridized carbons (Fsp3) is 0.320. The minimum atomic E-state index is 0.216. The third-order valence-corrected chi connectivity index (χ3v) is 7.32. The van der Waals surface area contributed by atoms with Crippen LogP contribution in [0.1, 0.15) is 30.4 Å². The Balaban J connectivity index is 1.67. The average molecular weight is 353 g/mol. The number of para-hydroxylation sites is 1. The maximum absolute atomic E-state index is 13.6.